The predicted octanol–water partition coefficient (Wildman–Crippen LogP) is 3.60. The normalized spacial score (nSPS) is 20.8. The number of nitrogens with zero attached hydrogens (tertiary/aromatic N) is 1. The summed E-state index contributed by atoms with van der Waals surface area (Å²) in [7, 11) is 1.62. The number of nitrogens with one attached hydrogen (secondary N) is 1. The summed E-state index contributed by atoms with van der Waals surface area (Å²) in [6.07, 6.45) is 4.39. The second-order valence-electron chi connectivity index (χ2n) is 5.17. The Hall–Kier alpha value is -1.11. The minimum absolute atomic E-state index is 0.170. The quantitative estimate of drug-likeness (QED) is 0.638. The molecule has 1 aliphatic rings. The first-order valence-corrected chi connectivity index (χ1v) is 7.87. The first-order chi connectivity index (χ1) is 9.60. The Morgan fingerprint density at radius 3 is 2.95 bits per heavy atom. The average molecular weight is 386 g/mol. The van der Waals surface area contributed by atoms with Crippen LogP contribution in [-0.2, 0) is 0 Å². The van der Waals surface area contributed by atoms with Crippen molar-refractivity contribution in [3.8, 4) is 5.75 Å². The molecule has 1 amide bonds. The summed E-state index contributed by atoms with van der Waals surface area (Å²) >= 11 is 2.15. The Balaban J connectivity index is 2.01. The van der Waals surface area contributed by atoms with E-state index in [1.165, 1.54) is 6.42 Å². The van der Waals surface area contributed by atoms with Crippen LogP contribution in [0.25, 0.3) is 0 Å². The highest BCUT2D eigenvalue weighted by Crippen LogP contribution is 2.22. The molecule has 1 aromatic carbocycles. The van der Waals surface area contributed by atoms with Crippen LogP contribution in [-0.4, -0.2) is 18.7 Å². The maximum absolute atomic E-state index is 12.1. The summed E-state index contributed by atoms with van der Waals surface area (Å²) in [5.41, 5.74) is 4.36. The van der Waals surface area contributed by atoms with Crippen molar-refractivity contribution in [1.29, 1.82) is 0 Å². The van der Waals surface area contributed by atoms with Gasteiger partial charge in [-0.1, -0.05) is 6.92 Å². The zero-order valence-electron chi connectivity index (χ0n) is 11.8. The lowest BCUT2D eigenvalue weighted by molar-refractivity contribution is 0.0954. The second kappa shape index (κ2) is 7.06. The van der Waals surface area contributed by atoms with Gasteiger partial charge in [0.15, 0.2) is 0 Å². The fourth-order valence-electron chi connectivity index (χ4n) is 2.36. The Kier molecular flexibility index (Phi) is 5.39. The third-order valence-corrected chi connectivity index (χ3v) is 4.32. The number of carbonyl (C=O) groups is 1. The van der Waals surface area contributed by atoms with Crippen LogP contribution in [0.5, 0.6) is 5.75 Å². The van der Waals surface area contributed by atoms with Gasteiger partial charge in [-0.2, -0.15) is 5.10 Å². The molecule has 0 heterocycles. The fraction of sp³-hybridized carbons (Fsp3) is 0.467. The minimum Gasteiger partial charge on any atom is -0.496 e. The molecule has 0 radical (unpaired) electrons. The van der Waals surface area contributed by atoms with Crippen LogP contribution >= 0.6 is 22.6 Å². The molecule has 0 aliphatic heterocycles. The first-order valence-electron chi connectivity index (χ1n) is 6.79. The molecule has 20 heavy (non-hydrogen) atoms. The van der Waals surface area contributed by atoms with E-state index in [1.807, 2.05) is 0 Å². The van der Waals surface area contributed by atoms with Crippen molar-refractivity contribution < 1.29 is 9.53 Å². The van der Waals surface area contributed by atoms with Gasteiger partial charge >= 0.3 is 0 Å². The molecule has 0 saturated heterocycles. The molecular weight excluding hydrogens is 367 g/mol. The van der Waals surface area contributed by atoms with Crippen molar-refractivity contribution in [3.05, 3.63) is 27.3 Å². The Labute approximate surface area is 133 Å². The van der Waals surface area contributed by atoms with Crippen molar-refractivity contribution in [2.45, 2.75) is 32.6 Å². The van der Waals surface area contributed by atoms with Crippen molar-refractivity contribution >= 4 is 34.2 Å². The number of ether oxygens (including phenoxy) is 1. The van der Waals surface area contributed by atoms with Gasteiger partial charge in [-0.3, -0.25) is 4.79 Å². The lowest BCUT2D eigenvalue weighted by atomic mass is 9.89. The molecule has 1 saturated carbocycles. The van der Waals surface area contributed by atoms with Gasteiger partial charge in [0.05, 0.1) is 10.7 Å². The van der Waals surface area contributed by atoms with Crippen LogP contribution in [0.1, 0.15) is 43.0 Å². The van der Waals surface area contributed by atoms with Gasteiger partial charge in [-0.05, 0) is 72.4 Å². The highest BCUT2D eigenvalue weighted by molar-refractivity contribution is 14.1. The zero-order chi connectivity index (χ0) is 14.5. The number of amides is 1. The Morgan fingerprint density at radius 1 is 1.50 bits per heavy atom. The number of hydrazone groups is 1. The number of rotatable bonds is 3. The summed E-state index contributed by atoms with van der Waals surface area (Å²) in [6.45, 7) is 2.22. The van der Waals surface area contributed by atoms with E-state index in [2.05, 4.69) is 40.0 Å². The van der Waals surface area contributed by atoms with E-state index >= 15 is 0 Å². The van der Waals surface area contributed by atoms with Crippen LogP contribution in [0.3, 0.4) is 0 Å². The maximum atomic E-state index is 12.1. The first kappa shape index (κ1) is 15.3. The van der Waals surface area contributed by atoms with E-state index in [-0.39, 0.29) is 5.91 Å². The number of carbonyl (C=O) groups excluding carboxylic acids is 1. The summed E-state index contributed by atoms with van der Waals surface area (Å²) in [5.74, 6) is 1.27. The fourth-order valence-corrected chi connectivity index (χ4v) is 3.10. The van der Waals surface area contributed by atoms with Crippen molar-refractivity contribution in [2.24, 2.45) is 11.0 Å². The smallest absolute Gasteiger partial charge is 0.271 e. The minimum atomic E-state index is -0.170. The molecule has 1 N–H and O–H groups in total. The van der Waals surface area contributed by atoms with E-state index < -0.39 is 0 Å². The highest BCUT2D eigenvalue weighted by Gasteiger charge is 2.14. The van der Waals surface area contributed by atoms with Crippen LogP contribution in [0.4, 0.5) is 0 Å². The standard InChI is InChI=1S/C15H19IN2O2/c1-10-4-3-5-12(8-10)17-18-15(19)11-6-7-14(20-2)13(16)9-11/h6-7,9-10H,3-5,8H2,1-2H3,(H,18,19)/b17-12+/t10-/m1/s1. The van der Waals surface area contributed by atoms with Gasteiger partial charge in [-0.25, -0.2) is 5.43 Å². The molecule has 1 aromatic rings. The molecule has 1 aliphatic carbocycles. The van der Waals surface area contributed by atoms with Gasteiger partial charge in [0.25, 0.3) is 5.91 Å². The van der Waals surface area contributed by atoms with Crippen LogP contribution in [0.15, 0.2) is 23.3 Å². The largest absolute Gasteiger partial charge is 0.496 e. The molecule has 4 nitrogen and oxygen atoms in total. The van der Waals surface area contributed by atoms with Crippen LogP contribution < -0.4 is 10.2 Å². The number of halogens is 1. The number of hydrogen-bond acceptors (Lipinski definition) is 3. The second-order valence-corrected chi connectivity index (χ2v) is 6.33. The Bertz CT molecular complexity index is 529. The molecule has 5 heteroatoms. The molecule has 1 fully saturated rings. The molecule has 108 valence electrons. The van der Waals surface area contributed by atoms with Crippen LogP contribution in [0, 0.1) is 9.49 Å². The zero-order valence-corrected chi connectivity index (χ0v) is 13.9. The van der Waals surface area contributed by atoms with Crippen LogP contribution in [0.2, 0.25) is 0 Å². The molecule has 0 aromatic heterocycles. The van der Waals surface area contributed by atoms with E-state index in [0.717, 1.165) is 34.3 Å². The Morgan fingerprint density at radius 2 is 2.30 bits per heavy atom. The van der Waals surface area contributed by atoms with E-state index in [4.69, 9.17) is 4.74 Å². The average Bonchev–Trinajstić information content (AvgIpc) is 2.44. The van der Waals surface area contributed by atoms with Gasteiger partial charge < -0.3 is 4.74 Å². The van der Waals surface area contributed by atoms with Gasteiger partial charge in [0.1, 0.15) is 5.75 Å². The van der Waals surface area contributed by atoms with Crippen molar-refractivity contribution in [3.63, 3.8) is 0 Å². The van der Waals surface area contributed by atoms with E-state index in [0.29, 0.717) is 11.5 Å². The van der Waals surface area contributed by atoms with Crippen molar-refractivity contribution in [2.75, 3.05) is 7.11 Å². The molecule has 0 spiro atoms. The summed E-state index contributed by atoms with van der Waals surface area (Å²) in [4.78, 5) is 12.1. The van der Waals surface area contributed by atoms with Gasteiger partial charge in [0.2, 0.25) is 0 Å². The number of methoxy groups -OCH3 is 1. The SMILES string of the molecule is COc1ccc(C(=O)N/N=C2\CCC[C@@H](C)C2)cc1I. The third-order valence-electron chi connectivity index (χ3n) is 3.48. The lowest BCUT2D eigenvalue weighted by Gasteiger charge is -2.18. The third kappa shape index (κ3) is 3.94. The van der Waals surface area contributed by atoms with E-state index in [1.54, 1.807) is 25.3 Å². The molecule has 0 unspecified atom stereocenters. The summed E-state index contributed by atoms with van der Waals surface area (Å²) in [5, 5.41) is 4.27. The van der Waals surface area contributed by atoms with Gasteiger partial charge in [0, 0.05) is 11.3 Å². The maximum Gasteiger partial charge on any atom is 0.271 e. The summed E-state index contributed by atoms with van der Waals surface area (Å²) < 4.78 is 6.09. The molecule has 2 rings (SSSR count). The van der Waals surface area contributed by atoms with Crippen molar-refractivity contribution in [1.82, 2.24) is 5.43 Å². The predicted molar refractivity (Wildman–Crippen MR) is 88.2 cm³/mol. The lowest BCUT2D eigenvalue weighted by Crippen LogP contribution is -2.22. The monoisotopic (exact) mass is 386 g/mol. The highest BCUT2D eigenvalue weighted by atomic mass is 127. The number of benzene rings is 1. The van der Waals surface area contributed by atoms with Gasteiger partial charge in [-0.15, -0.1) is 0 Å². The van der Waals surface area contributed by atoms with E-state index in [9.17, 15) is 4.79 Å². The topological polar surface area (TPSA) is 50.7 Å². The number of hydrogen-bond donors (Lipinski definition) is 1. The molecular formula is C15H19IN2O2. The summed E-state index contributed by atoms with van der Waals surface area (Å²) in [6, 6.07) is 5.35. The molecule has 1 atom stereocenters. The molecule has 0 bridgehead atoms.